The Morgan fingerprint density at radius 1 is 1.22 bits per heavy atom. The molecule has 1 atom stereocenters. The number of hydrogen-bond donors (Lipinski definition) is 1. The third kappa shape index (κ3) is 3.13. The minimum atomic E-state index is 0.0517. The molecule has 0 saturated carbocycles. The van der Waals surface area contributed by atoms with E-state index in [1.807, 2.05) is 13.0 Å². The molecule has 0 aliphatic carbocycles. The SMILES string of the molecule is Cc1c(-c2ccc(C#N)cc2O)nnc2c([C@@H]3CCCN(C)C3)cccc12. The zero-order valence-electron chi connectivity index (χ0n) is 15.6. The molecular formula is C22H22N4O. The first kappa shape index (κ1) is 17.4. The monoisotopic (exact) mass is 358 g/mol. The topological polar surface area (TPSA) is 73.0 Å². The summed E-state index contributed by atoms with van der Waals surface area (Å²) in [7, 11) is 2.17. The summed E-state index contributed by atoms with van der Waals surface area (Å²) in [6, 6.07) is 13.2. The minimum absolute atomic E-state index is 0.0517. The molecule has 2 heterocycles. The van der Waals surface area contributed by atoms with Crippen LogP contribution in [0.5, 0.6) is 5.75 Å². The van der Waals surface area contributed by atoms with E-state index in [1.165, 1.54) is 24.5 Å². The minimum Gasteiger partial charge on any atom is -0.507 e. The maximum atomic E-state index is 10.3. The summed E-state index contributed by atoms with van der Waals surface area (Å²) in [6.45, 7) is 4.20. The predicted molar refractivity (Wildman–Crippen MR) is 106 cm³/mol. The third-order valence-electron chi connectivity index (χ3n) is 5.52. The van der Waals surface area contributed by atoms with E-state index in [0.29, 0.717) is 22.7 Å². The fourth-order valence-corrected chi connectivity index (χ4v) is 4.09. The van der Waals surface area contributed by atoms with E-state index < -0.39 is 0 Å². The summed E-state index contributed by atoms with van der Waals surface area (Å²) in [5.74, 6) is 0.520. The number of nitrogens with zero attached hydrogens (tertiary/aromatic N) is 4. The van der Waals surface area contributed by atoms with Crippen LogP contribution in [-0.4, -0.2) is 40.3 Å². The molecule has 27 heavy (non-hydrogen) atoms. The molecule has 3 aromatic rings. The number of likely N-dealkylation sites (tertiary alicyclic amines) is 1. The number of aromatic hydroxyl groups is 1. The molecule has 5 heteroatoms. The van der Waals surface area contributed by atoms with Gasteiger partial charge >= 0.3 is 0 Å². The Morgan fingerprint density at radius 2 is 2.07 bits per heavy atom. The van der Waals surface area contributed by atoms with E-state index >= 15 is 0 Å². The van der Waals surface area contributed by atoms with Crippen molar-refractivity contribution in [1.29, 1.82) is 5.26 Å². The average molecular weight is 358 g/mol. The van der Waals surface area contributed by atoms with Crippen molar-refractivity contribution >= 4 is 10.9 Å². The maximum absolute atomic E-state index is 10.3. The van der Waals surface area contributed by atoms with E-state index in [9.17, 15) is 5.11 Å². The molecule has 1 saturated heterocycles. The number of fused-ring (bicyclic) bond motifs is 1. The Labute approximate surface area is 158 Å². The summed E-state index contributed by atoms with van der Waals surface area (Å²) in [5, 5.41) is 29.4. The zero-order chi connectivity index (χ0) is 19.0. The molecule has 0 unspecified atom stereocenters. The largest absolute Gasteiger partial charge is 0.507 e. The van der Waals surface area contributed by atoms with Gasteiger partial charge in [-0.1, -0.05) is 18.2 Å². The molecule has 5 nitrogen and oxygen atoms in total. The summed E-state index contributed by atoms with van der Waals surface area (Å²) < 4.78 is 0. The molecule has 0 spiro atoms. The second-order valence-corrected chi connectivity index (χ2v) is 7.36. The highest BCUT2D eigenvalue weighted by Gasteiger charge is 2.22. The molecule has 0 amide bonds. The highest BCUT2D eigenvalue weighted by Crippen LogP contribution is 2.36. The number of phenols is 1. The first-order valence-corrected chi connectivity index (χ1v) is 9.26. The number of rotatable bonds is 2. The maximum Gasteiger partial charge on any atom is 0.126 e. The van der Waals surface area contributed by atoms with Crippen LogP contribution in [0.1, 0.15) is 35.4 Å². The molecule has 136 valence electrons. The van der Waals surface area contributed by atoms with Gasteiger partial charge in [0.1, 0.15) is 11.4 Å². The van der Waals surface area contributed by atoms with Crippen molar-refractivity contribution < 1.29 is 5.11 Å². The second-order valence-electron chi connectivity index (χ2n) is 7.36. The number of piperidine rings is 1. The molecule has 1 N–H and O–H groups in total. The first-order chi connectivity index (χ1) is 13.1. The van der Waals surface area contributed by atoms with Crippen molar-refractivity contribution in [3.8, 4) is 23.1 Å². The second kappa shape index (κ2) is 6.98. The first-order valence-electron chi connectivity index (χ1n) is 9.26. The molecule has 0 bridgehead atoms. The normalized spacial score (nSPS) is 17.7. The number of hydrogen-bond acceptors (Lipinski definition) is 5. The quantitative estimate of drug-likeness (QED) is 0.750. The lowest BCUT2D eigenvalue weighted by Gasteiger charge is -2.30. The van der Waals surface area contributed by atoms with E-state index in [2.05, 4.69) is 40.3 Å². The lowest BCUT2D eigenvalue weighted by Crippen LogP contribution is -2.31. The zero-order valence-corrected chi connectivity index (χ0v) is 15.6. The van der Waals surface area contributed by atoms with Crippen LogP contribution in [0.15, 0.2) is 36.4 Å². The van der Waals surface area contributed by atoms with Gasteiger partial charge in [-0.15, -0.1) is 10.2 Å². The van der Waals surface area contributed by atoms with Gasteiger partial charge in [0.2, 0.25) is 0 Å². The van der Waals surface area contributed by atoms with E-state index in [0.717, 1.165) is 29.6 Å². The summed E-state index contributed by atoms with van der Waals surface area (Å²) in [6.07, 6.45) is 2.36. The number of nitriles is 1. The van der Waals surface area contributed by atoms with Crippen LogP contribution in [0.3, 0.4) is 0 Å². The number of benzene rings is 2. The van der Waals surface area contributed by atoms with Gasteiger partial charge in [0.15, 0.2) is 0 Å². The van der Waals surface area contributed by atoms with Gasteiger partial charge < -0.3 is 10.0 Å². The van der Waals surface area contributed by atoms with E-state index in [-0.39, 0.29) is 5.75 Å². The standard InChI is InChI=1S/C22H22N4O/c1-14-17-6-3-7-18(16-5-4-10-26(2)13-16)22(17)25-24-21(14)19-9-8-15(12-23)11-20(19)27/h3,6-9,11,16,27H,4-5,10,13H2,1-2H3/t16-/m1/s1. The van der Waals surface area contributed by atoms with Crippen LogP contribution < -0.4 is 0 Å². The Bertz CT molecular complexity index is 1050. The van der Waals surface area contributed by atoms with Gasteiger partial charge in [-0.2, -0.15) is 5.26 Å². The molecule has 1 aliphatic heterocycles. The van der Waals surface area contributed by atoms with Gasteiger partial charge in [0.25, 0.3) is 0 Å². The van der Waals surface area contributed by atoms with Crippen LogP contribution in [0.25, 0.3) is 22.2 Å². The summed E-state index contributed by atoms with van der Waals surface area (Å²) >= 11 is 0. The van der Waals surface area contributed by atoms with Crippen LogP contribution in [0.4, 0.5) is 0 Å². The lowest BCUT2D eigenvalue weighted by atomic mass is 9.88. The van der Waals surface area contributed by atoms with Crippen molar-refractivity contribution in [2.75, 3.05) is 20.1 Å². The molecule has 2 aromatic carbocycles. The number of aromatic nitrogens is 2. The number of phenolic OH excluding ortho intramolecular Hbond substituents is 1. The number of aryl methyl sites for hydroxylation is 1. The molecular weight excluding hydrogens is 336 g/mol. The van der Waals surface area contributed by atoms with Gasteiger partial charge in [-0.05, 0) is 68.6 Å². The highest BCUT2D eigenvalue weighted by atomic mass is 16.3. The van der Waals surface area contributed by atoms with Gasteiger partial charge in [-0.25, -0.2) is 0 Å². The Morgan fingerprint density at radius 3 is 2.81 bits per heavy atom. The average Bonchev–Trinajstić information content (AvgIpc) is 2.68. The number of likely N-dealkylation sites (N-methyl/N-ethyl adjacent to an activating group) is 1. The Hall–Kier alpha value is -2.97. The fraction of sp³-hybridized carbons (Fsp3) is 0.318. The van der Waals surface area contributed by atoms with Gasteiger partial charge in [0, 0.05) is 17.5 Å². The predicted octanol–water partition coefficient (Wildman–Crippen LogP) is 3.99. The highest BCUT2D eigenvalue weighted by molar-refractivity contribution is 5.89. The van der Waals surface area contributed by atoms with Gasteiger partial charge in [-0.3, -0.25) is 0 Å². The molecule has 1 aromatic heterocycles. The van der Waals surface area contributed by atoms with Crippen LogP contribution in [-0.2, 0) is 0 Å². The molecule has 1 aliphatic rings. The van der Waals surface area contributed by atoms with Crippen LogP contribution in [0.2, 0.25) is 0 Å². The Balaban J connectivity index is 1.83. The fourth-order valence-electron chi connectivity index (χ4n) is 4.09. The lowest BCUT2D eigenvalue weighted by molar-refractivity contribution is 0.251. The van der Waals surface area contributed by atoms with Crippen molar-refractivity contribution in [2.24, 2.45) is 0 Å². The van der Waals surface area contributed by atoms with Crippen molar-refractivity contribution in [3.63, 3.8) is 0 Å². The summed E-state index contributed by atoms with van der Waals surface area (Å²) in [4.78, 5) is 2.37. The summed E-state index contributed by atoms with van der Waals surface area (Å²) in [5.41, 5.74) is 4.88. The third-order valence-corrected chi connectivity index (χ3v) is 5.52. The smallest absolute Gasteiger partial charge is 0.126 e. The molecule has 4 rings (SSSR count). The van der Waals surface area contributed by atoms with Crippen molar-refractivity contribution in [3.05, 3.63) is 53.1 Å². The Kier molecular flexibility index (Phi) is 4.51. The van der Waals surface area contributed by atoms with Gasteiger partial charge in [0.05, 0.1) is 17.1 Å². The van der Waals surface area contributed by atoms with Crippen LogP contribution >= 0.6 is 0 Å². The van der Waals surface area contributed by atoms with Crippen molar-refractivity contribution in [2.45, 2.75) is 25.7 Å². The van der Waals surface area contributed by atoms with Crippen LogP contribution in [0, 0.1) is 18.3 Å². The molecule has 1 fully saturated rings. The van der Waals surface area contributed by atoms with E-state index in [4.69, 9.17) is 5.26 Å². The van der Waals surface area contributed by atoms with Crippen molar-refractivity contribution in [1.82, 2.24) is 15.1 Å². The van der Waals surface area contributed by atoms with E-state index in [1.54, 1.807) is 12.1 Å². The molecule has 0 radical (unpaired) electrons.